The SMILES string of the molecule is [2H]c1nc([2H])c2c(c1[2H])c1c([2H])c([2H])c([2H])c([2H])c1n2-c1c([2H])c([2H])c([2H])c(-c2nc(-c3c([2H])c([2H])c([2H])c([2H])c3[2H])c([2H])c(-n3c4c([2H])c([2H])c([2H])c([2H])c4c4c([2H])c([2H])c([2H])c([2H])c43)n2)c1-n1c2c([2H])nc([2H])c([2H])c2c2c([2H])c([2H])c([2H])c([2H])c21. The molecule has 0 aliphatic rings. The Labute approximate surface area is 369 Å². The van der Waals surface area contributed by atoms with Crippen LogP contribution in [0, 0.1) is 0 Å². The molecule has 6 aromatic carbocycles. The van der Waals surface area contributed by atoms with E-state index in [0.717, 1.165) is 0 Å². The minimum absolute atomic E-state index is 0.594. The summed E-state index contributed by atoms with van der Waals surface area (Å²) in [6.07, 6.45) is -3.86. The van der Waals surface area contributed by atoms with Crippen LogP contribution in [0.1, 0.15) is 42.5 Å². The molecule has 0 aliphatic carbocycles. The number of fused-ring (bicyclic) bond motifs is 9. The zero-order valence-electron chi connectivity index (χ0n) is 59.1. The molecule has 0 saturated heterocycles. The number of hydrogen-bond donors (Lipinski definition) is 0. The van der Waals surface area contributed by atoms with Crippen molar-refractivity contribution >= 4 is 65.4 Å². The lowest BCUT2D eigenvalue weighted by molar-refractivity contribution is 1.03. The third kappa shape index (κ3) is 4.66. The zero-order chi connectivity index (χ0) is 64.4. The smallest absolute Gasteiger partial charge is 0.164 e. The van der Waals surface area contributed by atoms with Crippen molar-refractivity contribution in [2.45, 2.75) is 0 Å². The normalized spacial score (nSPS) is 19.5. The van der Waals surface area contributed by atoms with E-state index in [-0.39, 0.29) is 0 Å². The summed E-state index contributed by atoms with van der Waals surface area (Å²) in [5.41, 5.74) is -9.49. The van der Waals surface area contributed by atoms with Crippen LogP contribution in [0.2, 0.25) is 0 Å². The van der Waals surface area contributed by atoms with Crippen molar-refractivity contribution in [1.82, 2.24) is 33.6 Å². The fourth-order valence-electron chi connectivity index (χ4n) is 6.89. The summed E-state index contributed by atoms with van der Waals surface area (Å²) in [6.45, 7) is 0. The largest absolute Gasteiger partial charge is 0.306 e. The standard InChI is InChI=1S/C50H31N7/c1-2-13-32(14-3-1)40-29-48(56-42-21-9-5-15-33(42)34-16-6-10-22-43(34)56)54-50(53-40)39-19-12-24-45(55-41-20-8-4-17-35(41)37-25-27-51-30-46(37)55)49(39)57-44-23-11-7-18-36(44)38-26-28-52-31-47(38)57/h1-31H/i1D,2D,3D,4D,5D,6D,7D,8D,9D,10D,11D,12D,13D,14D,15D,16D,17D,18D,19D,20D,21D,22D,23D,24D,25D,26D,27D,28D,29D,30D,31D. The van der Waals surface area contributed by atoms with Crippen LogP contribution >= 0.6 is 0 Å². The predicted molar refractivity (Wildman–Crippen MR) is 232 cm³/mol. The summed E-state index contributed by atoms with van der Waals surface area (Å²) in [6, 6.07) is -27.0. The highest BCUT2D eigenvalue weighted by Gasteiger charge is 2.25. The second kappa shape index (κ2) is 12.3. The van der Waals surface area contributed by atoms with Gasteiger partial charge in [-0.25, -0.2) is 9.97 Å². The molecule has 57 heavy (non-hydrogen) atoms. The molecule has 266 valence electrons. The van der Waals surface area contributed by atoms with Gasteiger partial charge in [-0.3, -0.25) is 14.5 Å². The van der Waals surface area contributed by atoms with Crippen molar-refractivity contribution in [2.75, 3.05) is 0 Å². The van der Waals surface area contributed by atoms with Gasteiger partial charge in [-0.1, -0.05) is 109 Å². The Hall–Kier alpha value is -7.90. The number of pyridine rings is 2. The average molecular weight is 761 g/mol. The molecule has 6 heterocycles. The second-order valence-electron chi connectivity index (χ2n) is 12.1. The quantitative estimate of drug-likeness (QED) is 0.175. The van der Waals surface area contributed by atoms with Crippen molar-refractivity contribution in [3.8, 4) is 39.8 Å². The number of hydrogen-bond acceptors (Lipinski definition) is 4. The van der Waals surface area contributed by atoms with Crippen molar-refractivity contribution < 1.29 is 42.5 Å². The van der Waals surface area contributed by atoms with Crippen LogP contribution < -0.4 is 0 Å². The number of para-hydroxylation sites is 5. The topological polar surface area (TPSA) is 66.3 Å². The first-order chi connectivity index (χ1) is 41.2. The molecular weight excluding hydrogens is 699 g/mol. The monoisotopic (exact) mass is 760 g/mol. The average Bonchev–Trinajstić information content (AvgIpc) is 1.57. The Balaban J connectivity index is 1.46. The van der Waals surface area contributed by atoms with Crippen molar-refractivity contribution in [1.29, 1.82) is 0 Å². The Bertz CT molecular complexity index is 5250. The van der Waals surface area contributed by atoms with Crippen molar-refractivity contribution in [3.63, 3.8) is 0 Å². The maximum Gasteiger partial charge on any atom is 0.164 e. The lowest BCUT2D eigenvalue weighted by Crippen LogP contribution is -2.08. The maximum absolute atomic E-state index is 10.0. The summed E-state index contributed by atoms with van der Waals surface area (Å²) >= 11 is 0. The first-order valence-electron chi connectivity index (χ1n) is 32.1. The highest BCUT2D eigenvalue weighted by Crippen LogP contribution is 2.42. The maximum atomic E-state index is 10.0. The van der Waals surface area contributed by atoms with Crippen LogP contribution in [0.15, 0.2) is 188 Å². The molecule has 0 saturated carbocycles. The van der Waals surface area contributed by atoms with E-state index in [0.29, 0.717) is 13.7 Å². The van der Waals surface area contributed by atoms with Crippen molar-refractivity contribution in [2.24, 2.45) is 0 Å². The summed E-state index contributed by atoms with van der Waals surface area (Å²) < 4.78 is 285. The number of benzene rings is 6. The third-order valence-electron chi connectivity index (χ3n) is 9.14. The van der Waals surface area contributed by atoms with Gasteiger partial charge in [-0.2, -0.15) is 0 Å². The van der Waals surface area contributed by atoms with E-state index < -0.39 is 293 Å². The van der Waals surface area contributed by atoms with Crippen LogP contribution in [0.3, 0.4) is 0 Å². The van der Waals surface area contributed by atoms with E-state index in [1.807, 2.05) is 0 Å². The molecule has 0 aliphatic heterocycles. The fraction of sp³-hybridized carbons (Fsp3) is 0. The van der Waals surface area contributed by atoms with Crippen LogP contribution in [0.4, 0.5) is 0 Å². The number of nitrogens with zero attached hydrogens (tertiary/aromatic N) is 7. The predicted octanol–water partition coefficient (Wildman–Crippen LogP) is 11.9. The molecule has 12 aromatic rings. The van der Waals surface area contributed by atoms with Crippen LogP contribution in [0.5, 0.6) is 0 Å². The molecule has 0 fully saturated rings. The first kappa shape index (κ1) is 13.7. The molecule has 0 unspecified atom stereocenters. The lowest BCUT2D eigenvalue weighted by atomic mass is 10.1. The molecule has 0 atom stereocenters. The van der Waals surface area contributed by atoms with E-state index in [4.69, 9.17) is 21.9 Å². The Kier molecular flexibility index (Phi) is 2.96. The molecule has 0 spiro atoms. The van der Waals surface area contributed by atoms with E-state index in [2.05, 4.69) is 19.9 Å². The Morgan fingerprint density at radius 2 is 0.895 bits per heavy atom. The van der Waals surface area contributed by atoms with E-state index in [1.165, 1.54) is 0 Å². The van der Waals surface area contributed by atoms with Crippen LogP contribution in [0.25, 0.3) is 105 Å². The van der Waals surface area contributed by atoms with Gasteiger partial charge in [-0.15, -0.1) is 0 Å². The van der Waals surface area contributed by atoms with Gasteiger partial charge >= 0.3 is 0 Å². The summed E-state index contributed by atoms with van der Waals surface area (Å²) in [4.78, 5) is 17.1. The Morgan fingerprint density at radius 3 is 1.49 bits per heavy atom. The highest BCUT2D eigenvalue weighted by molar-refractivity contribution is 6.12. The third-order valence-corrected chi connectivity index (χ3v) is 9.14. The van der Waals surface area contributed by atoms with E-state index in [1.54, 1.807) is 0 Å². The van der Waals surface area contributed by atoms with Gasteiger partial charge in [0, 0.05) is 61.8 Å². The number of aromatic nitrogens is 7. The molecule has 6 aromatic heterocycles. The van der Waals surface area contributed by atoms with Gasteiger partial charge < -0.3 is 9.13 Å². The minimum atomic E-state index is -1.23. The number of rotatable bonds is 5. The van der Waals surface area contributed by atoms with E-state index >= 15 is 0 Å². The van der Waals surface area contributed by atoms with Gasteiger partial charge in [0.25, 0.3) is 0 Å². The molecule has 0 bridgehead atoms. The summed E-state index contributed by atoms with van der Waals surface area (Å²) in [7, 11) is 0. The second-order valence-corrected chi connectivity index (χ2v) is 12.1. The van der Waals surface area contributed by atoms with Gasteiger partial charge in [0.1, 0.15) is 5.82 Å². The van der Waals surface area contributed by atoms with E-state index in [9.17, 15) is 20.6 Å². The molecule has 7 nitrogen and oxygen atoms in total. The molecule has 7 heteroatoms. The van der Waals surface area contributed by atoms with Crippen LogP contribution in [-0.2, 0) is 0 Å². The lowest BCUT2D eigenvalue weighted by Gasteiger charge is -2.20. The minimum Gasteiger partial charge on any atom is -0.306 e. The molecule has 12 rings (SSSR count). The molecular formula is C50H31N7. The van der Waals surface area contributed by atoms with Gasteiger partial charge in [0.15, 0.2) is 5.82 Å². The van der Waals surface area contributed by atoms with Gasteiger partial charge in [-0.05, 0) is 48.3 Å². The molecule has 0 amide bonds. The van der Waals surface area contributed by atoms with Gasteiger partial charge in [0.2, 0.25) is 0 Å². The first-order valence-corrected chi connectivity index (χ1v) is 16.6. The Morgan fingerprint density at radius 1 is 0.404 bits per heavy atom. The molecule has 0 N–H and O–H groups in total. The van der Waals surface area contributed by atoms with Crippen molar-refractivity contribution in [3.05, 3.63) is 188 Å². The molecule has 0 radical (unpaired) electrons. The van der Waals surface area contributed by atoms with Crippen LogP contribution in [-0.4, -0.2) is 33.6 Å². The van der Waals surface area contributed by atoms with Gasteiger partial charge in [0.05, 0.1) is 105 Å². The fourth-order valence-corrected chi connectivity index (χ4v) is 6.89. The summed E-state index contributed by atoms with van der Waals surface area (Å²) in [5, 5.41) is -3.67. The summed E-state index contributed by atoms with van der Waals surface area (Å²) in [5.74, 6) is -2.18. The highest BCUT2D eigenvalue weighted by atomic mass is 15.1. The zero-order valence-corrected chi connectivity index (χ0v) is 28.1.